The summed E-state index contributed by atoms with van der Waals surface area (Å²) in [6.07, 6.45) is 0. The van der Waals surface area contributed by atoms with E-state index in [9.17, 15) is 0 Å². The molecule has 0 aliphatic rings. The molecule has 2 aromatic carbocycles. The molecule has 0 heterocycles. The average Bonchev–Trinajstić information content (AvgIpc) is 2.30. The quantitative estimate of drug-likeness (QED) is 0.527. The highest BCUT2D eigenvalue weighted by molar-refractivity contribution is 9.10. The molecule has 0 aliphatic heterocycles. The van der Waals surface area contributed by atoms with Crippen molar-refractivity contribution in [2.24, 2.45) is 0 Å². The largest absolute Gasteiger partial charge is 0.0523 e. The van der Waals surface area contributed by atoms with Gasteiger partial charge in [0, 0.05) is 18.7 Å². The molecule has 2 aromatic rings. The summed E-state index contributed by atoms with van der Waals surface area (Å²) in [4.78, 5) is 2.62. The Labute approximate surface area is 133 Å². The Morgan fingerprint density at radius 3 is 1.44 bits per heavy atom. The summed E-state index contributed by atoms with van der Waals surface area (Å²) in [5, 5.41) is 0. The highest BCUT2D eigenvalue weighted by Crippen LogP contribution is 2.41. The van der Waals surface area contributed by atoms with Crippen LogP contribution in [-0.4, -0.2) is 0 Å². The Hall–Kier alpha value is 0.1000. The van der Waals surface area contributed by atoms with Crippen LogP contribution in [-0.2, 0) is 0 Å². The van der Waals surface area contributed by atoms with Gasteiger partial charge in [0.25, 0.3) is 0 Å². The summed E-state index contributed by atoms with van der Waals surface area (Å²) in [5.41, 5.74) is 2.60. The second-order valence-corrected chi connectivity index (χ2v) is 8.03. The molecule has 0 nitrogen and oxygen atoms in total. The number of hydrogen-bond acceptors (Lipinski definition) is 2. The average molecular weight is 404 g/mol. The van der Waals surface area contributed by atoms with E-state index >= 15 is 0 Å². The summed E-state index contributed by atoms with van der Waals surface area (Å²) < 4.78 is 2.27. The molecule has 2 rings (SSSR count). The molecule has 4 heteroatoms. The molecule has 0 aliphatic carbocycles. The van der Waals surface area contributed by atoms with Crippen LogP contribution < -0.4 is 0 Å². The Kier molecular flexibility index (Phi) is 5.24. The zero-order valence-electron chi connectivity index (χ0n) is 10.0. The van der Waals surface area contributed by atoms with Crippen LogP contribution >= 0.6 is 53.4 Å². The SMILES string of the molecule is Cc1cc(Br)ccc1SSc1ccc(Br)cc1C. The van der Waals surface area contributed by atoms with E-state index < -0.39 is 0 Å². The van der Waals surface area contributed by atoms with E-state index in [1.54, 1.807) is 0 Å². The standard InChI is InChI=1S/C14H12Br2S2/c1-9-7-11(15)3-5-13(9)17-18-14-6-4-12(16)8-10(14)2/h3-8H,1-2H3. The van der Waals surface area contributed by atoms with Gasteiger partial charge in [-0.3, -0.25) is 0 Å². The molecule has 0 N–H and O–H groups in total. The molecule has 0 unspecified atom stereocenters. The molecule has 0 radical (unpaired) electrons. The van der Waals surface area contributed by atoms with Crippen LogP contribution in [0.4, 0.5) is 0 Å². The monoisotopic (exact) mass is 402 g/mol. The van der Waals surface area contributed by atoms with Gasteiger partial charge < -0.3 is 0 Å². The Morgan fingerprint density at radius 2 is 1.11 bits per heavy atom. The summed E-state index contributed by atoms with van der Waals surface area (Å²) in [6, 6.07) is 12.8. The molecular weight excluding hydrogens is 392 g/mol. The lowest BCUT2D eigenvalue weighted by atomic mass is 10.2. The van der Waals surface area contributed by atoms with Crippen molar-refractivity contribution in [1.29, 1.82) is 0 Å². The zero-order valence-corrected chi connectivity index (χ0v) is 14.8. The first-order valence-corrected chi connectivity index (χ1v) is 9.16. The lowest BCUT2D eigenvalue weighted by Crippen LogP contribution is -1.80. The molecule has 0 bridgehead atoms. The normalized spacial score (nSPS) is 10.7. The van der Waals surface area contributed by atoms with Gasteiger partial charge in [-0.2, -0.15) is 0 Å². The topological polar surface area (TPSA) is 0 Å². The molecule has 0 amide bonds. The fourth-order valence-electron chi connectivity index (χ4n) is 1.50. The van der Waals surface area contributed by atoms with E-state index in [1.165, 1.54) is 20.9 Å². The first kappa shape index (κ1) is 14.5. The fourth-order valence-corrected chi connectivity index (χ4v) is 4.92. The second-order valence-electron chi connectivity index (χ2n) is 3.99. The molecule has 18 heavy (non-hydrogen) atoms. The number of halogens is 2. The van der Waals surface area contributed by atoms with Crippen molar-refractivity contribution in [3.05, 3.63) is 56.5 Å². The molecule has 0 saturated carbocycles. The zero-order chi connectivity index (χ0) is 13.1. The van der Waals surface area contributed by atoms with Gasteiger partial charge in [0.1, 0.15) is 0 Å². The number of aryl methyl sites for hydroxylation is 2. The van der Waals surface area contributed by atoms with Crippen molar-refractivity contribution in [2.75, 3.05) is 0 Å². The van der Waals surface area contributed by atoms with Crippen molar-refractivity contribution in [2.45, 2.75) is 23.6 Å². The lowest BCUT2D eigenvalue weighted by Gasteiger charge is -2.07. The predicted octanol–water partition coefficient (Wildman–Crippen LogP) is 6.63. The van der Waals surface area contributed by atoms with Crippen molar-refractivity contribution in [3.8, 4) is 0 Å². The first-order valence-electron chi connectivity index (χ1n) is 5.43. The molecule has 0 spiro atoms. The Balaban J connectivity index is 2.11. The van der Waals surface area contributed by atoms with Crippen LogP contribution in [0.1, 0.15) is 11.1 Å². The van der Waals surface area contributed by atoms with E-state index in [4.69, 9.17) is 0 Å². The van der Waals surface area contributed by atoms with E-state index in [-0.39, 0.29) is 0 Å². The van der Waals surface area contributed by atoms with Crippen LogP contribution in [0, 0.1) is 13.8 Å². The number of hydrogen-bond donors (Lipinski definition) is 0. The van der Waals surface area contributed by atoms with Gasteiger partial charge in [-0.15, -0.1) is 0 Å². The highest BCUT2D eigenvalue weighted by atomic mass is 79.9. The maximum Gasteiger partial charge on any atom is 0.0216 e. The van der Waals surface area contributed by atoms with Crippen LogP contribution in [0.2, 0.25) is 0 Å². The van der Waals surface area contributed by atoms with Gasteiger partial charge in [-0.1, -0.05) is 53.4 Å². The molecule has 0 saturated heterocycles. The number of rotatable bonds is 3. The van der Waals surface area contributed by atoms with Gasteiger partial charge in [-0.05, 0) is 61.4 Å². The van der Waals surface area contributed by atoms with E-state index in [2.05, 4.69) is 82.1 Å². The van der Waals surface area contributed by atoms with Gasteiger partial charge >= 0.3 is 0 Å². The summed E-state index contributed by atoms with van der Waals surface area (Å²) in [5.74, 6) is 0. The van der Waals surface area contributed by atoms with Crippen LogP contribution in [0.25, 0.3) is 0 Å². The minimum absolute atomic E-state index is 1.13. The van der Waals surface area contributed by atoms with E-state index in [1.807, 2.05) is 21.6 Å². The minimum Gasteiger partial charge on any atom is -0.0523 e. The number of benzene rings is 2. The van der Waals surface area contributed by atoms with Gasteiger partial charge in [-0.25, -0.2) is 0 Å². The van der Waals surface area contributed by atoms with Crippen LogP contribution in [0.5, 0.6) is 0 Å². The molecule has 94 valence electrons. The molecule has 0 aromatic heterocycles. The highest BCUT2D eigenvalue weighted by Gasteiger charge is 2.04. The van der Waals surface area contributed by atoms with Crippen LogP contribution in [0.3, 0.4) is 0 Å². The van der Waals surface area contributed by atoms with Crippen molar-refractivity contribution < 1.29 is 0 Å². The molecule has 0 fully saturated rings. The smallest absolute Gasteiger partial charge is 0.0216 e. The summed E-state index contributed by atoms with van der Waals surface area (Å²) in [6.45, 7) is 4.28. The predicted molar refractivity (Wildman–Crippen MR) is 89.5 cm³/mol. The summed E-state index contributed by atoms with van der Waals surface area (Å²) >= 11 is 6.98. The molecular formula is C14H12Br2S2. The first-order chi connectivity index (χ1) is 8.56. The maximum absolute atomic E-state index is 3.49. The maximum atomic E-state index is 3.49. The van der Waals surface area contributed by atoms with E-state index in [0.29, 0.717) is 0 Å². The van der Waals surface area contributed by atoms with Crippen LogP contribution in [0.15, 0.2) is 55.1 Å². The Bertz CT molecular complexity index is 516. The van der Waals surface area contributed by atoms with Gasteiger partial charge in [0.05, 0.1) is 0 Å². The third kappa shape index (κ3) is 3.80. The summed E-state index contributed by atoms with van der Waals surface area (Å²) in [7, 11) is 3.62. The van der Waals surface area contributed by atoms with Crippen molar-refractivity contribution >= 4 is 53.4 Å². The fraction of sp³-hybridized carbons (Fsp3) is 0.143. The third-order valence-corrected chi connectivity index (χ3v) is 6.17. The van der Waals surface area contributed by atoms with Gasteiger partial charge in [0.15, 0.2) is 0 Å². The third-order valence-electron chi connectivity index (χ3n) is 2.50. The lowest BCUT2D eigenvalue weighted by molar-refractivity contribution is 1.29. The van der Waals surface area contributed by atoms with Crippen molar-refractivity contribution in [3.63, 3.8) is 0 Å². The molecule has 0 atom stereocenters. The van der Waals surface area contributed by atoms with Gasteiger partial charge in [0.2, 0.25) is 0 Å². The van der Waals surface area contributed by atoms with Crippen molar-refractivity contribution in [1.82, 2.24) is 0 Å². The minimum atomic E-state index is 1.13. The van der Waals surface area contributed by atoms with E-state index in [0.717, 1.165) is 8.95 Å². The second kappa shape index (κ2) is 6.51. The Morgan fingerprint density at radius 1 is 0.722 bits per heavy atom.